The summed E-state index contributed by atoms with van der Waals surface area (Å²) in [6, 6.07) is 0. The van der Waals surface area contributed by atoms with E-state index in [1.807, 2.05) is 0 Å². The van der Waals surface area contributed by atoms with Gasteiger partial charge in [-0.1, -0.05) is 19.8 Å². The van der Waals surface area contributed by atoms with Crippen LogP contribution in [0.2, 0.25) is 0 Å². The lowest BCUT2D eigenvalue weighted by Crippen LogP contribution is -2.54. The van der Waals surface area contributed by atoms with Gasteiger partial charge in [0, 0.05) is 25.2 Å². The summed E-state index contributed by atoms with van der Waals surface area (Å²) in [6.07, 6.45) is 6.66. The summed E-state index contributed by atoms with van der Waals surface area (Å²) in [7, 11) is 0.798. The fourth-order valence-corrected chi connectivity index (χ4v) is 4.95. The van der Waals surface area contributed by atoms with E-state index in [0.29, 0.717) is 25.6 Å². The summed E-state index contributed by atoms with van der Waals surface area (Å²) in [5.41, 5.74) is 0.00841. The Morgan fingerprint density at radius 1 is 1.25 bits per heavy atom. The van der Waals surface area contributed by atoms with E-state index in [0.717, 1.165) is 25.7 Å². The van der Waals surface area contributed by atoms with Crippen LogP contribution in [0.1, 0.15) is 45.4 Å². The minimum atomic E-state index is -3.32. The average molecular weight is 303 g/mol. The third kappa shape index (κ3) is 3.53. The number of hydrogen-bond donors (Lipinski definition) is 1. The molecule has 1 aliphatic heterocycles. The van der Waals surface area contributed by atoms with Crippen molar-refractivity contribution >= 4 is 10.2 Å². The van der Waals surface area contributed by atoms with Gasteiger partial charge in [-0.2, -0.15) is 12.7 Å². The Morgan fingerprint density at radius 3 is 2.45 bits per heavy atom. The van der Waals surface area contributed by atoms with Gasteiger partial charge in [0.05, 0.1) is 0 Å². The monoisotopic (exact) mass is 303 g/mol. The highest BCUT2D eigenvalue weighted by molar-refractivity contribution is 7.87. The van der Waals surface area contributed by atoms with Crippen molar-refractivity contribution in [1.29, 1.82) is 0 Å². The number of piperidine rings is 1. The summed E-state index contributed by atoms with van der Waals surface area (Å²) in [4.78, 5) is 2.20. The van der Waals surface area contributed by atoms with Crippen molar-refractivity contribution in [3.63, 3.8) is 0 Å². The molecule has 2 aliphatic rings. The summed E-state index contributed by atoms with van der Waals surface area (Å²) in [5, 5.41) is 0. The standard InChI is InChI=1S/C14H29N3O2S/c1-13-7-6-10-17(11-13)20(18,19)15-12-14(16(2)3)8-4-5-9-14/h13,15H,4-12H2,1-3H3/t13-/m0/s1. The van der Waals surface area contributed by atoms with Crippen LogP contribution < -0.4 is 4.72 Å². The fourth-order valence-electron chi connectivity index (χ4n) is 3.50. The lowest BCUT2D eigenvalue weighted by molar-refractivity contribution is 0.160. The van der Waals surface area contributed by atoms with Crippen LogP contribution in [0.4, 0.5) is 0 Å². The highest BCUT2D eigenvalue weighted by Crippen LogP contribution is 2.33. The average Bonchev–Trinajstić information content (AvgIpc) is 2.87. The second kappa shape index (κ2) is 6.30. The normalized spacial score (nSPS) is 28.1. The molecule has 2 rings (SSSR count). The smallest absolute Gasteiger partial charge is 0.279 e. The predicted octanol–water partition coefficient (Wildman–Crippen LogP) is 1.43. The van der Waals surface area contributed by atoms with Crippen molar-refractivity contribution in [3.05, 3.63) is 0 Å². The third-order valence-corrected chi connectivity index (χ3v) is 6.55. The van der Waals surface area contributed by atoms with E-state index in [2.05, 4.69) is 30.6 Å². The van der Waals surface area contributed by atoms with Crippen LogP contribution in [0.25, 0.3) is 0 Å². The van der Waals surface area contributed by atoms with E-state index >= 15 is 0 Å². The van der Waals surface area contributed by atoms with E-state index in [1.54, 1.807) is 4.31 Å². The van der Waals surface area contributed by atoms with Crippen LogP contribution in [-0.2, 0) is 10.2 Å². The molecule has 0 aromatic carbocycles. The minimum Gasteiger partial charge on any atom is -0.302 e. The quantitative estimate of drug-likeness (QED) is 0.836. The van der Waals surface area contributed by atoms with Crippen molar-refractivity contribution in [1.82, 2.24) is 13.9 Å². The Hall–Kier alpha value is -0.170. The molecule has 20 heavy (non-hydrogen) atoms. The molecule has 118 valence electrons. The highest BCUT2D eigenvalue weighted by Gasteiger charge is 2.38. The van der Waals surface area contributed by atoms with Gasteiger partial charge >= 0.3 is 0 Å². The van der Waals surface area contributed by atoms with Crippen LogP contribution >= 0.6 is 0 Å². The van der Waals surface area contributed by atoms with Crippen LogP contribution in [0.15, 0.2) is 0 Å². The number of likely N-dealkylation sites (N-methyl/N-ethyl adjacent to an activating group) is 1. The molecular weight excluding hydrogens is 274 g/mol. The number of rotatable bonds is 5. The number of nitrogens with one attached hydrogen (secondary N) is 1. The summed E-state index contributed by atoms with van der Waals surface area (Å²) < 4.78 is 29.4. The molecule has 0 radical (unpaired) electrons. The zero-order chi connectivity index (χ0) is 14.8. The van der Waals surface area contributed by atoms with E-state index in [-0.39, 0.29) is 5.54 Å². The van der Waals surface area contributed by atoms with Gasteiger partial charge < -0.3 is 4.90 Å². The molecule has 0 aromatic rings. The largest absolute Gasteiger partial charge is 0.302 e. The highest BCUT2D eigenvalue weighted by atomic mass is 32.2. The molecule has 1 atom stereocenters. The SMILES string of the molecule is C[C@H]1CCCN(S(=O)(=O)NCC2(N(C)C)CCCC2)C1. The van der Waals surface area contributed by atoms with Crippen molar-refractivity contribution < 1.29 is 8.42 Å². The molecule has 5 nitrogen and oxygen atoms in total. The summed E-state index contributed by atoms with van der Waals surface area (Å²) in [6.45, 7) is 3.98. The second-order valence-electron chi connectivity index (χ2n) is 6.76. The molecule has 6 heteroatoms. The van der Waals surface area contributed by atoms with E-state index in [9.17, 15) is 8.42 Å². The fraction of sp³-hybridized carbons (Fsp3) is 1.00. The molecule has 0 amide bonds. The van der Waals surface area contributed by atoms with Gasteiger partial charge in [-0.3, -0.25) is 0 Å². The molecule has 2 fully saturated rings. The van der Waals surface area contributed by atoms with Crippen LogP contribution in [0.3, 0.4) is 0 Å². The first kappa shape index (κ1) is 16.2. The first-order valence-corrected chi connectivity index (χ1v) is 9.22. The number of nitrogens with zero attached hydrogens (tertiary/aromatic N) is 2. The zero-order valence-electron chi connectivity index (χ0n) is 13.1. The number of hydrogen-bond acceptors (Lipinski definition) is 3. The molecule has 1 saturated heterocycles. The Bertz CT molecular complexity index is 416. The molecule has 0 spiro atoms. The molecular formula is C14H29N3O2S. The lowest BCUT2D eigenvalue weighted by Gasteiger charge is -2.37. The molecule has 1 heterocycles. The zero-order valence-corrected chi connectivity index (χ0v) is 13.9. The van der Waals surface area contributed by atoms with Gasteiger partial charge in [-0.15, -0.1) is 0 Å². The second-order valence-corrected chi connectivity index (χ2v) is 8.51. The van der Waals surface area contributed by atoms with Gasteiger partial charge in [0.25, 0.3) is 10.2 Å². The van der Waals surface area contributed by atoms with E-state index in [1.165, 1.54) is 12.8 Å². The first-order valence-electron chi connectivity index (χ1n) is 7.78. The molecule has 1 N–H and O–H groups in total. The van der Waals surface area contributed by atoms with Crippen molar-refractivity contribution in [2.45, 2.75) is 51.0 Å². The van der Waals surface area contributed by atoms with Gasteiger partial charge in [0.2, 0.25) is 0 Å². The van der Waals surface area contributed by atoms with Crippen molar-refractivity contribution in [3.8, 4) is 0 Å². The maximum absolute atomic E-state index is 12.4. The maximum atomic E-state index is 12.4. The Morgan fingerprint density at radius 2 is 1.90 bits per heavy atom. The van der Waals surface area contributed by atoms with Crippen LogP contribution in [0.5, 0.6) is 0 Å². The molecule has 0 bridgehead atoms. The lowest BCUT2D eigenvalue weighted by atomic mass is 9.97. The Kier molecular flexibility index (Phi) is 5.10. The minimum absolute atomic E-state index is 0.00841. The third-order valence-electron chi connectivity index (χ3n) is 5.03. The molecule has 1 saturated carbocycles. The molecule has 0 aromatic heterocycles. The van der Waals surface area contributed by atoms with Crippen LogP contribution in [0, 0.1) is 5.92 Å². The summed E-state index contributed by atoms with van der Waals surface area (Å²) in [5.74, 6) is 0.467. The van der Waals surface area contributed by atoms with Crippen molar-refractivity contribution in [2.75, 3.05) is 33.7 Å². The van der Waals surface area contributed by atoms with Crippen molar-refractivity contribution in [2.24, 2.45) is 5.92 Å². The predicted molar refractivity (Wildman–Crippen MR) is 81.8 cm³/mol. The first-order chi connectivity index (χ1) is 9.36. The Labute approximate surface area is 123 Å². The molecule has 0 unspecified atom stereocenters. The van der Waals surface area contributed by atoms with Gasteiger partial charge in [0.15, 0.2) is 0 Å². The van der Waals surface area contributed by atoms with Crippen LogP contribution in [-0.4, -0.2) is 56.9 Å². The topological polar surface area (TPSA) is 52.7 Å². The van der Waals surface area contributed by atoms with Gasteiger partial charge in [-0.05, 0) is 45.7 Å². The maximum Gasteiger partial charge on any atom is 0.279 e. The molecule has 1 aliphatic carbocycles. The van der Waals surface area contributed by atoms with Gasteiger partial charge in [0.1, 0.15) is 0 Å². The van der Waals surface area contributed by atoms with E-state index < -0.39 is 10.2 Å². The van der Waals surface area contributed by atoms with Gasteiger partial charge in [-0.25, -0.2) is 4.72 Å². The summed E-state index contributed by atoms with van der Waals surface area (Å²) >= 11 is 0. The van der Waals surface area contributed by atoms with E-state index in [4.69, 9.17) is 0 Å². The Balaban J connectivity index is 1.97.